The van der Waals surface area contributed by atoms with Gasteiger partial charge in [-0.25, -0.2) is 9.67 Å². The van der Waals surface area contributed by atoms with Crippen LogP contribution < -0.4 is 0 Å². The number of aryl methyl sites for hydroxylation is 2. The minimum absolute atomic E-state index is 0.120. The Kier molecular flexibility index (Phi) is 5.30. The highest BCUT2D eigenvalue weighted by atomic mass is 16.5. The molecule has 1 aromatic heterocycles. The molecule has 1 atom stereocenters. The number of likely N-dealkylation sites (tertiary alicyclic amines) is 1. The monoisotopic (exact) mass is 320 g/mol. The highest BCUT2D eigenvalue weighted by Gasteiger charge is 2.27. The van der Waals surface area contributed by atoms with Gasteiger partial charge in [0.2, 0.25) is 5.91 Å². The van der Waals surface area contributed by atoms with Gasteiger partial charge in [0, 0.05) is 13.1 Å². The van der Waals surface area contributed by atoms with Gasteiger partial charge in [0.1, 0.15) is 18.3 Å². The van der Waals surface area contributed by atoms with Crippen LogP contribution in [0, 0.1) is 13.8 Å². The lowest BCUT2D eigenvalue weighted by atomic mass is 9.98. The minimum atomic E-state index is 0.120. The van der Waals surface area contributed by atoms with Crippen molar-refractivity contribution in [2.24, 2.45) is 0 Å². The Hall–Kier alpha value is -1.43. The molecule has 0 aromatic carbocycles. The fraction of sp³-hybridized carbons (Fsp3) is 0.824. The second-order valence-electron chi connectivity index (χ2n) is 6.86. The maximum atomic E-state index is 12.5. The summed E-state index contributed by atoms with van der Waals surface area (Å²) in [6, 6.07) is 0.239. The number of hydrogen-bond acceptors (Lipinski definition) is 4. The van der Waals surface area contributed by atoms with E-state index in [0.29, 0.717) is 0 Å². The van der Waals surface area contributed by atoms with E-state index in [1.807, 2.05) is 23.4 Å². The summed E-state index contributed by atoms with van der Waals surface area (Å²) in [6.45, 7) is 5.67. The van der Waals surface area contributed by atoms with Crippen LogP contribution in [0.4, 0.5) is 0 Å². The van der Waals surface area contributed by atoms with Crippen LogP contribution in [-0.2, 0) is 9.53 Å². The van der Waals surface area contributed by atoms with Crippen molar-refractivity contribution in [3.63, 3.8) is 0 Å². The molecule has 1 saturated heterocycles. The number of amides is 1. The summed E-state index contributed by atoms with van der Waals surface area (Å²) in [4.78, 5) is 18.8. The first-order valence-electron chi connectivity index (χ1n) is 8.92. The highest BCUT2D eigenvalue weighted by Crippen LogP contribution is 2.23. The van der Waals surface area contributed by atoms with Gasteiger partial charge in [0.25, 0.3) is 0 Å². The maximum Gasteiger partial charge on any atom is 0.248 e. The van der Waals surface area contributed by atoms with Crippen LogP contribution in [0.15, 0.2) is 0 Å². The zero-order valence-corrected chi connectivity index (χ0v) is 14.3. The summed E-state index contributed by atoms with van der Waals surface area (Å²) in [5, 5.41) is 4.48. The van der Waals surface area contributed by atoms with E-state index in [9.17, 15) is 4.79 Å². The standard InChI is InChI=1S/C17H28N4O2/c1-13-18-14(2)21(19-13)15-7-6-10-20(11-15)17(22)12-23-16-8-4-3-5-9-16/h15-16H,3-12H2,1-2H3/t15-/m1/s1. The Morgan fingerprint density at radius 3 is 2.65 bits per heavy atom. The molecule has 1 aliphatic heterocycles. The molecule has 1 aromatic rings. The number of aromatic nitrogens is 3. The zero-order valence-electron chi connectivity index (χ0n) is 14.3. The summed E-state index contributed by atoms with van der Waals surface area (Å²) in [7, 11) is 0. The third-order valence-corrected chi connectivity index (χ3v) is 5.00. The molecule has 1 amide bonds. The van der Waals surface area contributed by atoms with Crippen LogP contribution in [0.1, 0.15) is 62.6 Å². The van der Waals surface area contributed by atoms with E-state index in [1.54, 1.807) is 0 Å². The van der Waals surface area contributed by atoms with Crippen LogP contribution >= 0.6 is 0 Å². The third-order valence-electron chi connectivity index (χ3n) is 5.00. The van der Waals surface area contributed by atoms with Crippen LogP contribution in [0.25, 0.3) is 0 Å². The average Bonchev–Trinajstić information content (AvgIpc) is 2.92. The van der Waals surface area contributed by atoms with Crippen molar-refractivity contribution in [3.05, 3.63) is 11.6 Å². The number of carbonyl (C=O) groups excluding carboxylic acids is 1. The number of carbonyl (C=O) groups is 1. The number of rotatable bonds is 4. The molecule has 0 radical (unpaired) electrons. The third kappa shape index (κ3) is 4.10. The molecular weight excluding hydrogens is 292 g/mol. The van der Waals surface area contributed by atoms with Gasteiger partial charge in [0.15, 0.2) is 0 Å². The van der Waals surface area contributed by atoms with Crippen molar-refractivity contribution in [1.82, 2.24) is 19.7 Å². The summed E-state index contributed by atoms with van der Waals surface area (Å²) in [5.74, 6) is 1.85. The number of ether oxygens (including phenoxy) is 1. The van der Waals surface area contributed by atoms with Gasteiger partial charge in [-0.2, -0.15) is 5.10 Å². The number of nitrogens with zero attached hydrogens (tertiary/aromatic N) is 4. The average molecular weight is 320 g/mol. The predicted molar refractivity (Wildman–Crippen MR) is 87.2 cm³/mol. The summed E-state index contributed by atoms with van der Waals surface area (Å²) in [5.41, 5.74) is 0. The summed E-state index contributed by atoms with van der Waals surface area (Å²) >= 11 is 0. The van der Waals surface area contributed by atoms with Crippen LogP contribution in [0.3, 0.4) is 0 Å². The molecule has 3 rings (SSSR count). The van der Waals surface area contributed by atoms with E-state index in [-0.39, 0.29) is 24.7 Å². The van der Waals surface area contributed by atoms with Gasteiger partial charge in [-0.1, -0.05) is 19.3 Å². The lowest BCUT2D eigenvalue weighted by Gasteiger charge is -2.33. The molecule has 2 aliphatic rings. The Morgan fingerprint density at radius 2 is 1.96 bits per heavy atom. The van der Waals surface area contributed by atoms with Crippen molar-refractivity contribution in [2.75, 3.05) is 19.7 Å². The van der Waals surface area contributed by atoms with E-state index in [2.05, 4.69) is 10.1 Å². The summed E-state index contributed by atoms with van der Waals surface area (Å²) < 4.78 is 7.82. The minimum Gasteiger partial charge on any atom is -0.368 e. The topological polar surface area (TPSA) is 60.2 Å². The van der Waals surface area contributed by atoms with E-state index >= 15 is 0 Å². The molecule has 6 heteroatoms. The molecule has 0 spiro atoms. The van der Waals surface area contributed by atoms with Gasteiger partial charge in [0.05, 0.1) is 12.1 Å². The second-order valence-corrected chi connectivity index (χ2v) is 6.86. The van der Waals surface area contributed by atoms with Crippen molar-refractivity contribution >= 4 is 5.91 Å². The molecule has 128 valence electrons. The predicted octanol–water partition coefficient (Wildman–Crippen LogP) is 2.41. The molecule has 0 bridgehead atoms. The van der Waals surface area contributed by atoms with Crippen LogP contribution in [0.5, 0.6) is 0 Å². The Bertz CT molecular complexity index is 537. The molecule has 2 heterocycles. The Labute approximate surface area is 138 Å². The van der Waals surface area contributed by atoms with Crippen molar-refractivity contribution in [1.29, 1.82) is 0 Å². The van der Waals surface area contributed by atoms with Crippen LogP contribution in [0.2, 0.25) is 0 Å². The fourth-order valence-electron chi connectivity index (χ4n) is 3.78. The largest absolute Gasteiger partial charge is 0.368 e. The molecule has 6 nitrogen and oxygen atoms in total. The van der Waals surface area contributed by atoms with E-state index in [1.165, 1.54) is 19.3 Å². The first-order valence-corrected chi connectivity index (χ1v) is 8.92. The molecule has 1 saturated carbocycles. The SMILES string of the molecule is Cc1nc(C)n([C@@H]2CCCN(C(=O)COC3CCCCC3)C2)n1. The van der Waals surface area contributed by atoms with E-state index < -0.39 is 0 Å². The number of piperidine rings is 1. The molecule has 23 heavy (non-hydrogen) atoms. The lowest BCUT2D eigenvalue weighted by Crippen LogP contribution is -2.43. The quantitative estimate of drug-likeness (QED) is 0.855. The molecule has 0 unspecified atom stereocenters. The molecule has 2 fully saturated rings. The first-order chi connectivity index (χ1) is 11.1. The van der Waals surface area contributed by atoms with Crippen molar-refractivity contribution < 1.29 is 9.53 Å². The van der Waals surface area contributed by atoms with E-state index in [0.717, 1.165) is 50.4 Å². The Balaban J connectivity index is 1.53. The highest BCUT2D eigenvalue weighted by molar-refractivity contribution is 5.77. The van der Waals surface area contributed by atoms with E-state index in [4.69, 9.17) is 4.74 Å². The zero-order chi connectivity index (χ0) is 16.2. The fourth-order valence-corrected chi connectivity index (χ4v) is 3.78. The van der Waals surface area contributed by atoms with Gasteiger partial charge in [-0.05, 0) is 39.5 Å². The van der Waals surface area contributed by atoms with Gasteiger partial charge in [-0.15, -0.1) is 0 Å². The van der Waals surface area contributed by atoms with Crippen LogP contribution in [-0.4, -0.2) is 51.4 Å². The van der Waals surface area contributed by atoms with Crippen molar-refractivity contribution in [2.45, 2.75) is 70.9 Å². The normalized spacial score (nSPS) is 23.2. The van der Waals surface area contributed by atoms with Gasteiger partial charge < -0.3 is 9.64 Å². The van der Waals surface area contributed by atoms with Crippen molar-refractivity contribution in [3.8, 4) is 0 Å². The second kappa shape index (κ2) is 7.43. The first kappa shape index (κ1) is 16.4. The molecular formula is C17H28N4O2. The van der Waals surface area contributed by atoms with Gasteiger partial charge in [-0.3, -0.25) is 4.79 Å². The lowest BCUT2D eigenvalue weighted by molar-refractivity contribution is -0.140. The number of hydrogen-bond donors (Lipinski definition) is 0. The smallest absolute Gasteiger partial charge is 0.248 e. The van der Waals surface area contributed by atoms with Gasteiger partial charge >= 0.3 is 0 Å². The maximum absolute atomic E-state index is 12.5. The Morgan fingerprint density at radius 1 is 1.17 bits per heavy atom. The molecule has 0 N–H and O–H groups in total. The molecule has 1 aliphatic carbocycles. The summed E-state index contributed by atoms with van der Waals surface area (Å²) in [6.07, 6.45) is 8.33.